The smallest absolute Gasteiger partial charge is 0.263 e. The molecule has 9 heteroatoms. The molecule has 33 heavy (non-hydrogen) atoms. The van der Waals surface area contributed by atoms with Crippen molar-refractivity contribution < 1.29 is 17.9 Å². The molecule has 1 amide bonds. The third-order valence-electron chi connectivity index (χ3n) is 5.28. The average Bonchev–Trinajstić information content (AvgIpc) is 3.06. The van der Waals surface area contributed by atoms with Crippen molar-refractivity contribution in [1.29, 1.82) is 0 Å². The number of anilines is 1. The van der Waals surface area contributed by atoms with Crippen LogP contribution in [0.5, 0.6) is 5.75 Å². The molecule has 0 bridgehead atoms. The molecule has 0 aliphatic heterocycles. The van der Waals surface area contributed by atoms with E-state index in [-0.39, 0.29) is 0 Å². The number of aryl methyl sites for hydroxylation is 1. The van der Waals surface area contributed by atoms with Gasteiger partial charge in [-0.05, 0) is 63.2 Å². The number of hydrogen-bond donors (Lipinski definition) is 1. The van der Waals surface area contributed by atoms with Crippen molar-refractivity contribution in [2.45, 2.75) is 26.8 Å². The minimum atomic E-state index is -3.72. The number of rotatable bonds is 8. The minimum Gasteiger partial charge on any atom is -0.497 e. The normalized spacial score (nSPS) is 12.5. The number of hydrogen-bond acceptors (Lipinski definition) is 5. The molecule has 174 valence electrons. The lowest BCUT2D eigenvalue weighted by atomic mass is 10.2. The van der Waals surface area contributed by atoms with Crippen molar-refractivity contribution in [3.05, 3.63) is 77.6 Å². The van der Waals surface area contributed by atoms with E-state index in [1.165, 1.54) is 14.0 Å². The number of carbonyl (C=O) groups excluding carboxylic acids is 1. The first kappa shape index (κ1) is 24.1. The molecule has 0 aliphatic carbocycles. The Morgan fingerprint density at radius 3 is 2.33 bits per heavy atom. The van der Waals surface area contributed by atoms with Crippen molar-refractivity contribution >= 4 is 27.8 Å². The van der Waals surface area contributed by atoms with E-state index in [0.29, 0.717) is 11.4 Å². The lowest BCUT2D eigenvalue weighted by Gasteiger charge is -2.27. The van der Waals surface area contributed by atoms with Crippen molar-refractivity contribution in [3.8, 4) is 11.4 Å². The zero-order chi connectivity index (χ0) is 24.2. The van der Waals surface area contributed by atoms with Gasteiger partial charge in [0.25, 0.3) is 5.91 Å². The standard InChI is InChI=1S/C24H28N4O4S/c1-17-15-20(18(2)27(17)21-9-7-6-8-10-21)16-25-26-24(29)19(3)28(33(5,30)31)22-11-13-23(32-4)14-12-22/h6-16,19H,1-5H3,(H,26,29)/b25-16+. The summed E-state index contributed by atoms with van der Waals surface area (Å²) in [6.07, 6.45) is 2.62. The van der Waals surface area contributed by atoms with Gasteiger partial charge in [0, 0.05) is 22.6 Å². The molecule has 1 aromatic heterocycles. The number of carbonyl (C=O) groups is 1. The largest absolute Gasteiger partial charge is 0.497 e. The lowest BCUT2D eigenvalue weighted by Crippen LogP contribution is -2.46. The quantitative estimate of drug-likeness (QED) is 0.405. The fourth-order valence-corrected chi connectivity index (χ4v) is 4.86. The van der Waals surface area contributed by atoms with E-state index in [9.17, 15) is 13.2 Å². The van der Waals surface area contributed by atoms with Crippen LogP contribution in [0, 0.1) is 13.8 Å². The van der Waals surface area contributed by atoms with Crippen LogP contribution in [0.1, 0.15) is 23.9 Å². The number of nitrogens with zero attached hydrogens (tertiary/aromatic N) is 3. The Hall–Kier alpha value is -3.59. The topological polar surface area (TPSA) is 93.0 Å². The number of para-hydroxylation sites is 1. The summed E-state index contributed by atoms with van der Waals surface area (Å²) in [6.45, 7) is 5.48. The molecule has 2 aromatic carbocycles. The molecule has 1 atom stereocenters. The second-order valence-corrected chi connectivity index (χ2v) is 9.52. The Bertz CT molecular complexity index is 1250. The van der Waals surface area contributed by atoms with E-state index >= 15 is 0 Å². The summed E-state index contributed by atoms with van der Waals surface area (Å²) in [5.74, 6) is 0.0337. The number of ether oxygens (including phenoxy) is 1. The zero-order valence-electron chi connectivity index (χ0n) is 19.3. The molecular weight excluding hydrogens is 440 g/mol. The van der Waals surface area contributed by atoms with Gasteiger partial charge in [-0.15, -0.1) is 0 Å². The maximum atomic E-state index is 12.7. The zero-order valence-corrected chi connectivity index (χ0v) is 20.1. The van der Waals surface area contributed by atoms with Gasteiger partial charge in [-0.1, -0.05) is 18.2 Å². The van der Waals surface area contributed by atoms with Gasteiger partial charge in [0.15, 0.2) is 0 Å². The van der Waals surface area contributed by atoms with E-state index < -0.39 is 22.0 Å². The highest BCUT2D eigenvalue weighted by atomic mass is 32.2. The van der Waals surface area contributed by atoms with Crippen LogP contribution in [0.3, 0.4) is 0 Å². The van der Waals surface area contributed by atoms with Gasteiger partial charge in [-0.2, -0.15) is 5.10 Å². The summed E-state index contributed by atoms with van der Waals surface area (Å²) in [6, 6.07) is 17.4. The van der Waals surface area contributed by atoms with E-state index in [2.05, 4.69) is 15.1 Å². The van der Waals surface area contributed by atoms with Gasteiger partial charge in [-0.25, -0.2) is 13.8 Å². The van der Waals surface area contributed by atoms with Crippen molar-refractivity contribution in [1.82, 2.24) is 9.99 Å². The highest BCUT2D eigenvalue weighted by Gasteiger charge is 2.29. The molecule has 1 N–H and O–H groups in total. The molecule has 3 rings (SSSR count). The van der Waals surface area contributed by atoms with Gasteiger partial charge < -0.3 is 9.30 Å². The third kappa shape index (κ3) is 5.43. The Labute approximate surface area is 194 Å². The van der Waals surface area contributed by atoms with Crippen LogP contribution >= 0.6 is 0 Å². The van der Waals surface area contributed by atoms with Crippen LogP contribution in [0.25, 0.3) is 5.69 Å². The van der Waals surface area contributed by atoms with Crippen LogP contribution < -0.4 is 14.5 Å². The second kappa shape index (κ2) is 9.91. The first-order chi connectivity index (χ1) is 15.6. The molecule has 0 fully saturated rings. The number of amides is 1. The Balaban J connectivity index is 1.77. The number of aromatic nitrogens is 1. The lowest BCUT2D eigenvalue weighted by molar-refractivity contribution is -0.121. The average molecular weight is 469 g/mol. The van der Waals surface area contributed by atoms with Gasteiger partial charge in [0.2, 0.25) is 10.0 Å². The van der Waals surface area contributed by atoms with Crippen LogP contribution in [0.15, 0.2) is 65.8 Å². The summed E-state index contributed by atoms with van der Waals surface area (Å²) >= 11 is 0. The fourth-order valence-electron chi connectivity index (χ4n) is 3.69. The van der Waals surface area contributed by atoms with E-state index in [4.69, 9.17) is 4.74 Å². The molecule has 8 nitrogen and oxygen atoms in total. The molecular formula is C24H28N4O4S. The van der Waals surface area contributed by atoms with Crippen molar-refractivity contribution in [3.63, 3.8) is 0 Å². The van der Waals surface area contributed by atoms with Crippen LogP contribution in [-0.4, -0.2) is 44.5 Å². The predicted molar refractivity (Wildman–Crippen MR) is 131 cm³/mol. The SMILES string of the molecule is COc1ccc(N(C(C)C(=O)N/N=C/c2cc(C)n(-c3ccccc3)c2C)S(C)(=O)=O)cc1. The van der Waals surface area contributed by atoms with Gasteiger partial charge in [0.05, 0.1) is 25.3 Å². The van der Waals surface area contributed by atoms with Crippen molar-refractivity contribution in [2.75, 3.05) is 17.7 Å². The first-order valence-corrected chi connectivity index (χ1v) is 12.2. The summed E-state index contributed by atoms with van der Waals surface area (Å²) in [4.78, 5) is 12.7. The molecule has 1 unspecified atom stereocenters. The number of nitrogens with one attached hydrogen (secondary N) is 1. The second-order valence-electron chi connectivity index (χ2n) is 7.66. The monoisotopic (exact) mass is 468 g/mol. The predicted octanol–water partition coefficient (Wildman–Crippen LogP) is 3.41. The van der Waals surface area contributed by atoms with Crippen LogP contribution in [-0.2, 0) is 14.8 Å². The Morgan fingerprint density at radius 1 is 1.12 bits per heavy atom. The fraction of sp³-hybridized carbons (Fsp3) is 0.250. The molecule has 0 radical (unpaired) electrons. The van der Waals surface area contributed by atoms with Crippen molar-refractivity contribution in [2.24, 2.45) is 5.10 Å². The molecule has 0 spiro atoms. The van der Waals surface area contributed by atoms with E-state index in [0.717, 1.165) is 33.2 Å². The van der Waals surface area contributed by atoms with Gasteiger partial charge in [-0.3, -0.25) is 9.10 Å². The summed E-state index contributed by atoms with van der Waals surface area (Å²) < 4.78 is 33.1. The highest BCUT2D eigenvalue weighted by molar-refractivity contribution is 7.92. The minimum absolute atomic E-state index is 0.358. The maximum Gasteiger partial charge on any atom is 0.263 e. The summed E-state index contributed by atoms with van der Waals surface area (Å²) in [7, 11) is -2.20. The molecule has 3 aromatic rings. The summed E-state index contributed by atoms with van der Waals surface area (Å²) in [5.41, 5.74) is 6.70. The molecule has 0 saturated carbocycles. The first-order valence-electron chi connectivity index (χ1n) is 10.3. The number of sulfonamides is 1. The Morgan fingerprint density at radius 2 is 1.76 bits per heavy atom. The van der Waals surface area contributed by atoms with Crippen LogP contribution in [0.4, 0.5) is 5.69 Å². The van der Waals surface area contributed by atoms with Gasteiger partial charge in [0.1, 0.15) is 11.8 Å². The summed E-state index contributed by atoms with van der Waals surface area (Å²) in [5, 5.41) is 4.08. The maximum absolute atomic E-state index is 12.7. The molecule has 1 heterocycles. The van der Waals surface area contributed by atoms with Crippen LogP contribution in [0.2, 0.25) is 0 Å². The highest BCUT2D eigenvalue weighted by Crippen LogP contribution is 2.24. The molecule has 0 aliphatic rings. The Kier molecular flexibility index (Phi) is 7.23. The number of hydrazone groups is 1. The number of benzene rings is 2. The van der Waals surface area contributed by atoms with E-state index in [1.54, 1.807) is 30.5 Å². The number of methoxy groups -OCH3 is 1. The molecule has 0 saturated heterocycles. The van der Waals surface area contributed by atoms with E-state index in [1.807, 2.05) is 50.2 Å². The third-order valence-corrected chi connectivity index (χ3v) is 6.52. The van der Waals surface area contributed by atoms with Gasteiger partial charge >= 0.3 is 0 Å².